The summed E-state index contributed by atoms with van der Waals surface area (Å²) in [7, 11) is 1.87. The van der Waals surface area contributed by atoms with Crippen molar-refractivity contribution in [2.75, 3.05) is 19.0 Å². The van der Waals surface area contributed by atoms with E-state index in [-0.39, 0.29) is 0 Å². The number of rotatable bonds is 5. The first-order valence-corrected chi connectivity index (χ1v) is 5.87. The van der Waals surface area contributed by atoms with Crippen LogP contribution in [-0.2, 0) is 11.3 Å². The van der Waals surface area contributed by atoms with Crippen LogP contribution in [0.5, 0.6) is 0 Å². The van der Waals surface area contributed by atoms with Crippen LogP contribution in [0.25, 0.3) is 0 Å². The first-order chi connectivity index (χ1) is 7.03. The highest BCUT2D eigenvalue weighted by Gasteiger charge is 2.10. The molecule has 1 heterocycles. The van der Waals surface area contributed by atoms with E-state index in [1.165, 1.54) is 11.5 Å². The van der Waals surface area contributed by atoms with Crippen LogP contribution in [-0.4, -0.2) is 23.2 Å². The number of anilines is 1. The van der Waals surface area contributed by atoms with Crippen LogP contribution in [0.2, 0.25) is 0 Å². The third-order valence-corrected chi connectivity index (χ3v) is 2.80. The van der Waals surface area contributed by atoms with Gasteiger partial charge < -0.3 is 10.1 Å². The topological polar surface area (TPSA) is 47.0 Å². The van der Waals surface area contributed by atoms with Gasteiger partial charge >= 0.3 is 0 Å². The Morgan fingerprint density at radius 3 is 2.73 bits per heavy atom. The third-order valence-electron chi connectivity index (χ3n) is 2.02. The number of ether oxygens (including phenoxy) is 1. The summed E-state index contributed by atoms with van der Waals surface area (Å²) in [6.45, 7) is 7.94. The highest BCUT2D eigenvalue weighted by atomic mass is 32.1. The van der Waals surface area contributed by atoms with Crippen LogP contribution in [0.4, 0.5) is 5.00 Å². The predicted molar refractivity (Wildman–Crippen MR) is 63.2 cm³/mol. The van der Waals surface area contributed by atoms with Gasteiger partial charge in [-0.2, -0.15) is 0 Å². The van der Waals surface area contributed by atoms with E-state index in [1.807, 2.05) is 7.05 Å². The first-order valence-electron chi connectivity index (χ1n) is 5.09. The third kappa shape index (κ3) is 4.57. The zero-order valence-corrected chi connectivity index (χ0v) is 10.6. The Kier molecular flexibility index (Phi) is 4.47. The van der Waals surface area contributed by atoms with Crippen LogP contribution >= 0.6 is 11.5 Å². The van der Waals surface area contributed by atoms with Gasteiger partial charge in [0, 0.05) is 25.2 Å². The Bertz CT molecular complexity index is 293. The van der Waals surface area contributed by atoms with Crippen molar-refractivity contribution in [3.63, 3.8) is 0 Å². The molecule has 0 aliphatic carbocycles. The number of nitrogens with one attached hydrogen (secondary N) is 1. The van der Waals surface area contributed by atoms with E-state index in [4.69, 9.17) is 4.74 Å². The fourth-order valence-electron chi connectivity index (χ4n) is 1.04. The molecule has 1 N–H and O–H groups in total. The molecule has 1 aromatic heterocycles. The van der Waals surface area contributed by atoms with Gasteiger partial charge in [-0.25, -0.2) is 0 Å². The van der Waals surface area contributed by atoms with Crippen LogP contribution in [0.15, 0.2) is 0 Å². The summed E-state index contributed by atoms with van der Waals surface area (Å²) >= 11 is 1.36. The van der Waals surface area contributed by atoms with Gasteiger partial charge in [-0.05, 0) is 11.8 Å². The molecule has 0 bridgehead atoms. The van der Waals surface area contributed by atoms with Crippen molar-refractivity contribution < 1.29 is 4.74 Å². The standard InChI is InChI=1S/C10H19N3OS/c1-10(2,3)5-6-14-7-8-9(11-4)15-13-12-8/h11H,5-7H2,1-4H3. The summed E-state index contributed by atoms with van der Waals surface area (Å²) in [5.74, 6) is 0. The predicted octanol–water partition coefficient (Wildman–Crippen LogP) is 2.53. The number of aromatic nitrogens is 2. The van der Waals surface area contributed by atoms with Crippen molar-refractivity contribution in [2.45, 2.75) is 33.8 Å². The zero-order chi connectivity index (χ0) is 11.3. The van der Waals surface area contributed by atoms with Crippen LogP contribution in [0.3, 0.4) is 0 Å². The minimum absolute atomic E-state index is 0.326. The lowest BCUT2D eigenvalue weighted by atomic mass is 9.93. The molecule has 0 radical (unpaired) electrons. The summed E-state index contributed by atoms with van der Waals surface area (Å²) in [5.41, 5.74) is 1.23. The molecule has 0 unspecified atom stereocenters. The van der Waals surface area contributed by atoms with E-state index in [1.54, 1.807) is 0 Å². The van der Waals surface area contributed by atoms with Gasteiger partial charge in [-0.1, -0.05) is 25.3 Å². The van der Waals surface area contributed by atoms with E-state index in [2.05, 4.69) is 35.7 Å². The summed E-state index contributed by atoms with van der Waals surface area (Å²) in [4.78, 5) is 0. The molecule has 4 nitrogen and oxygen atoms in total. The van der Waals surface area contributed by atoms with Gasteiger partial charge in [-0.15, -0.1) is 5.10 Å². The maximum absolute atomic E-state index is 5.56. The summed E-state index contributed by atoms with van der Waals surface area (Å²) in [6.07, 6.45) is 1.06. The fraction of sp³-hybridized carbons (Fsp3) is 0.800. The van der Waals surface area contributed by atoms with Crippen molar-refractivity contribution in [3.8, 4) is 0 Å². The van der Waals surface area contributed by atoms with E-state index in [0.717, 1.165) is 23.7 Å². The van der Waals surface area contributed by atoms with Gasteiger partial charge in [0.2, 0.25) is 0 Å². The zero-order valence-electron chi connectivity index (χ0n) is 9.83. The molecule has 0 saturated carbocycles. The molecule has 1 rings (SSSR count). The second-order valence-electron chi connectivity index (χ2n) is 4.66. The average Bonchev–Trinajstić information content (AvgIpc) is 2.58. The molecule has 1 aromatic rings. The fourth-order valence-corrected chi connectivity index (χ4v) is 1.56. The Hall–Kier alpha value is -0.680. The molecule has 0 aromatic carbocycles. The monoisotopic (exact) mass is 229 g/mol. The van der Waals surface area contributed by atoms with E-state index in [9.17, 15) is 0 Å². The quantitative estimate of drug-likeness (QED) is 0.788. The molecule has 0 aliphatic heterocycles. The molecular formula is C10H19N3OS. The molecule has 86 valence electrons. The van der Waals surface area contributed by atoms with Crippen LogP contribution in [0.1, 0.15) is 32.9 Å². The van der Waals surface area contributed by atoms with Crippen molar-refractivity contribution in [1.29, 1.82) is 0 Å². The van der Waals surface area contributed by atoms with Crippen LogP contribution < -0.4 is 5.32 Å². The smallest absolute Gasteiger partial charge is 0.135 e. The van der Waals surface area contributed by atoms with Gasteiger partial charge in [0.1, 0.15) is 10.7 Å². The normalized spacial score (nSPS) is 11.7. The Labute approximate surface area is 95.2 Å². The highest BCUT2D eigenvalue weighted by Crippen LogP contribution is 2.20. The first kappa shape index (κ1) is 12.4. The van der Waals surface area contributed by atoms with E-state index < -0.39 is 0 Å². The van der Waals surface area contributed by atoms with Crippen molar-refractivity contribution in [3.05, 3.63) is 5.69 Å². The Balaban J connectivity index is 2.26. The average molecular weight is 229 g/mol. The molecule has 15 heavy (non-hydrogen) atoms. The lowest BCUT2D eigenvalue weighted by molar-refractivity contribution is 0.0944. The molecule has 0 spiro atoms. The highest BCUT2D eigenvalue weighted by molar-refractivity contribution is 7.10. The number of hydrogen-bond acceptors (Lipinski definition) is 5. The van der Waals surface area contributed by atoms with Gasteiger partial charge in [0.05, 0.1) is 6.61 Å². The lowest BCUT2D eigenvalue weighted by Crippen LogP contribution is -2.09. The summed E-state index contributed by atoms with van der Waals surface area (Å²) in [6, 6.07) is 0. The number of hydrogen-bond donors (Lipinski definition) is 1. The van der Waals surface area contributed by atoms with E-state index >= 15 is 0 Å². The largest absolute Gasteiger partial charge is 0.377 e. The van der Waals surface area contributed by atoms with Crippen molar-refractivity contribution in [1.82, 2.24) is 9.59 Å². The van der Waals surface area contributed by atoms with Crippen molar-refractivity contribution >= 4 is 16.5 Å². The molecule has 0 amide bonds. The minimum atomic E-state index is 0.326. The second kappa shape index (κ2) is 5.42. The molecule has 0 atom stereocenters. The van der Waals surface area contributed by atoms with Crippen LogP contribution in [0, 0.1) is 5.41 Å². The Morgan fingerprint density at radius 1 is 1.40 bits per heavy atom. The minimum Gasteiger partial charge on any atom is -0.377 e. The van der Waals surface area contributed by atoms with Gasteiger partial charge in [-0.3, -0.25) is 0 Å². The molecular weight excluding hydrogens is 210 g/mol. The second-order valence-corrected chi connectivity index (χ2v) is 5.42. The summed E-state index contributed by atoms with van der Waals surface area (Å²) < 4.78 is 9.43. The van der Waals surface area contributed by atoms with Gasteiger partial charge in [0.15, 0.2) is 0 Å². The lowest BCUT2D eigenvalue weighted by Gasteiger charge is -2.17. The Morgan fingerprint density at radius 2 is 2.13 bits per heavy atom. The van der Waals surface area contributed by atoms with Crippen molar-refractivity contribution in [2.24, 2.45) is 5.41 Å². The molecule has 0 fully saturated rings. The summed E-state index contributed by atoms with van der Waals surface area (Å²) in [5, 5.41) is 8.04. The number of nitrogens with zero attached hydrogens (tertiary/aromatic N) is 2. The maximum atomic E-state index is 5.56. The van der Waals surface area contributed by atoms with E-state index in [0.29, 0.717) is 12.0 Å². The molecule has 0 aliphatic rings. The molecule has 0 saturated heterocycles. The van der Waals surface area contributed by atoms with Gasteiger partial charge in [0.25, 0.3) is 0 Å². The maximum Gasteiger partial charge on any atom is 0.135 e. The SMILES string of the molecule is CNc1snnc1COCCC(C)(C)C. The molecule has 5 heteroatoms.